The average molecular weight is 244 g/mol. The molecule has 1 aromatic rings. The fourth-order valence-corrected chi connectivity index (χ4v) is 3.01. The van der Waals surface area contributed by atoms with Crippen LogP contribution in [0.4, 0.5) is 0 Å². The van der Waals surface area contributed by atoms with Gasteiger partial charge in [0.05, 0.1) is 0 Å². The van der Waals surface area contributed by atoms with Crippen molar-refractivity contribution in [1.82, 2.24) is 10.2 Å². The van der Waals surface area contributed by atoms with Gasteiger partial charge in [0.25, 0.3) is 0 Å². The zero-order chi connectivity index (χ0) is 12.2. The predicted octanol–water partition coefficient (Wildman–Crippen LogP) is 2.65. The monoisotopic (exact) mass is 244 g/mol. The summed E-state index contributed by atoms with van der Waals surface area (Å²) in [4.78, 5) is 2.58. The van der Waals surface area contributed by atoms with Crippen LogP contribution in [0.25, 0.3) is 0 Å². The Kier molecular flexibility index (Phi) is 3.96. The topological polar surface area (TPSA) is 15.3 Å². The predicted molar refractivity (Wildman–Crippen MR) is 75.5 cm³/mol. The number of rotatable bonds is 5. The molecule has 1 aromatic carbocycles. The van der Waals surface area contributed by atoms with Crippen LogP contribution in [-0.4, -0.2) is 30.6 Å². The molecule has 0 amide bonds. The Labute approximate surface area is 110 Å². The Morgan fingerprint density at radius 3 is 2.67 bits per heavy atom. The van der Waals surface area contributed by atoms with Gasteiger partial charge in [-0.05, 0) is 37.3 Å². The quantitative estimate of drug-likeness (QED) is 0.856. The van der Waals surface area contributed by atoms with Crippen molar-refractivity contribution in [3.63, 3.8) is 0 Å². The highest BCUT2D eigenvalue weighted by atomic mass is 15.2. The lowest BCUT2D eigenvalue weighted by Gasteiger charge is -2.27. The van der Waals surface area contributed by atoms with Gasteiger partial charge in [-0.2, -0.15) is 0 Å². The molecular weight excluding hydrogens is 220 g/mol. The summed E-state index contributed by atoms with van der Waals surface area (Å²) in [6, 6.07) is 11.6. The van der Waals surface area contributed by atoms with Gasteiger partial charge in [0.15, 0.2) is 0 Å². The van der Waals surface area contributed by atoms with Crippen molar-refractivity contribution in [3.8, 4) is 0 Å². The average Bonchev–Trinajstić information content (AvgIpc) is 2.76. The summed E-state index contributed by atoms with van der Waals surface area (Å²) < 4.78 is 0. The molecule has 18 heavy (non-hydrogen) atoms. The third-order valence-corrected chi connectivity index (χ3v) is 4.44. The fraction of sp³-hybridized carbons (Fsp3) is 0.625. The first kappa shape index (κ1) is 12.2. The number of likely N-dealkylation sites (tertiary alicyclic amines) is 1. The van der Waals surface area contributed by atoms with Crippen molar-refractivity contribution in [2.45, 2.75) is 38.3 Å². The van der Waals surface area contributed by atoms with E-state index in [0.717, 1.165) is 18.5 Å². The number of hydrogen-bond acceptors (Lipinski definition) is 2. The third kappa shape index (κ3) is 3.12. The number of benzene rings is 1. The molecular formula is C16H24N2. The largest absolute Gasteiger partial charge is 0.312 e. The van der Waals surface area contributed by atoms with Crippen molar-refractivity contribution in [2.75, 3.05) is 19.6 Å². The third-order valence-electron chi connectivity index (χ3n) is 4.44. The van der Waals surface area contributed by atoms with E-state index < -0.39 is 0 Å². The van der Waals surface area contributed by atoms with Crippen molar-refractivity contribution < 1.29 is 0 Å². The normalized spacial score (nSPS) is 25.2. The molecule has 2 heteroatoms. The first-order chi connectivity index (χ1) is 8.90. The van der Waals surface area contributed by atoms with Crippen LogP contribution >= 0.6 is 0 Å². The van der Waals surface area contributed by atoms with E-state index in [2.05, 4.69) is 40.5 Å². The summed E-state index contributed by atoms with van der Waals surface area (Å²) in [5, 5.41) is 3.76. The minimum atomic E-state index is 0.731. The highest BCUT2D eigenvalue weighted by Gasteiger charge is 2.24. The zero-order valence-electron chi connectivity index (χ0n) is 11.1. The number of hydrogen-bond donors (Lipinski definition) is 1. The summed E-state index contributed by atoms with van der Waals surface area (Å²) in [5.74, 6) is 0.980. The fourth-order valence-electron chi connectivity index (χ4n) is 3.01. The van der Waals surface area contributed by atoms with Gasteiger partial charge in [0, 0.05) is 25.7 Å². The van der Waals surface area contributed by atoms with Crippen molar-refractivity contribution in [3.05, 3.63) is 35.9 Å². The first-order valence-electron chi connectivity index (χ1n) is 7.40. The van der Waals surface area contributed by atoms with E-state index in [9.17, 15) is 0 Å². The number of nitrogens with one attached hydrogen (secondary N) is 1. The van der Waals surface area contributed by atoms with Crippen LogP contribution in [0.3, 0.4) is 0 Å². The molecule has 98 valence electrons. The second-order valence-corrected chi connectivity index (χ2v) is 5.91. The van der Waals surface area contributed by atoms with E-state index >= 15 is 0 Å². The summed E-state index contributed by atoms with van der Waals surface area (Å²) in [5.41, 5.74) is 1.44. The van der Waals surface area contributed by atoms with Gasteiger partial charge in [-0.15, -0.1) is 0 Å². The summed E-state index contributed by atoms with van der Waals surface area (Å²) in [6.07, 6.45) is 5.68. The molecule has 1 atom stereocenters. The molecule has 1 aliphatic heterocycles. The maximum atomic E-state index is 3.76. The van der Waals surface area contributed by atoms with Crippen molar-refractivity contribution in [1.29, 1.82) is 0 Å². The van der Waals surface area contributed by atoms with Gasteiger partial charge >= 0.3 is 0 Å². The van der Waals surface area contributed by atoms with Crippen molar-refractivity contribution in [2.24, 2.45) is 5.92 Å². The van der Waals surface area contributed by atoms with Crippen LogP contribution in [-0.2, 0) is 6.54 Å². The minimum absolute atomic E-state index is 0.731. The number of nitrogens with zero attached hydrogens (tertiary/aromatic N) is 1. The van der Waals surface area contributed by atoms with Crippen molar-refractivity contribution >= 4 is 0 Å². The van der Waals surface area contributed by atoms with Crippen LogP contribution in [0.2, 0.25) is 0 Å². The molecule has 1 saturated heterocycles. The Bertz CT molecular complexity index is 359. The molecule has 2 fully saturated rings. The Hall–Kier alpha value is -0.860. The maximum absolute atomic E-state index is 3.76. The molecule has 1 unspecified atom stereocenters. The Balaban J connectivity index is 1.40. The van der Waals surface area contributed by atoms with Gasteiger partial charge in [-0.3, -0.25) is 4.90 Å². The molecule has 0 radical (unpaired) electrons. The molecule has 1 saturated carbocycles. The molecule has 0 spiro atoms. The lowest BCUT2D eigenvalue weighted by molar-refractivity contribution is 0.279. The molecule has 1 N–H and O–H groups in total. The van der Waals surface area contributed by atoms with E-state index in [1.165, 1.54) is 50.9 Å². The summed E-state index contributed by atoms with van der Waals surface area (Å²) in [6.45, 7) is 4.84. The first-order valence-corrected chi connectivity index (χ1v) is 7.40. The Morgan fingerprint density at radius 1 is 1.11 bits per heavy atom. The van der Waals surface area contributed by atoms with Gasteiger partial charge in [0.1, 0.15) is 0 Å². The molecule has 0 aromatic heterocycles. The standard InChI is InChI=1S/C16H24N2/c1-2-5-15(6-3-1)12-18-10-9-16(13-18)17-11-14-7-4-8-14/h1-3,5-6,14,16-17H,4,7-13H2. The zero-order valence-corrected chi connectivity index (χ0v) is 11.1. The highest BCUT2D eigenvalue weighted by molar-refractivity contribution is 5.14. The second-order valence-electron chi connectivity index (χ2n) is 5.91. The van der Waals surface area contributed by atoms with Crippen LogP contribution in [0.5, 0.6) is 0 Å². The SMILES string of the molecule is c1ccc(CN2CCC(NCC3CCC3)C2)cc1. The van der Waals surface area contributed by atoms with Crippen LogP contribution in [0.1, 0.15) is 31.2 Å². The van der Waals surface area contributed by atoms with Crippen LogP contribution in [0.15, 0.2) is 30.3 Å². The maximum Gasteiger partial charge on any atom is 0.0234 e. The summed E-state index contributed by atoms with van der Waals surface area (Å²) in [7, 11) is 0. The molecule has 0 bridgehead atoms. The molecule has 2 nitrogen and oxygen atoms in total. The van der Waals surface area contributed by atoms with Gasteiger partial charge < -0.3 is 5.32 Å². The van der Waals surface area contributed by atoms with E-state index in [1.807, 2.05) is 0 Å². The molecule has 3 rings (SSSR count). The van der Waals surface area contributed by atoms with E-state index in [1.54, 1.807) is 0 Å². The molecule has 1 heterocycles. The lowest BCUT2D eigenvalue weighted by atomic mass is 9.85. The van der Waals surface area contributed by atoms with Crippen LogP contribution in [0, 0.1) is 5.92 Å². The summed E-state index contributed by atoms with van der Waals surface area (Å²) >= 11 is 0. The van der Waals surface area contributed by atoms with E-state index in [0.29, 0.717) is 0 Å². The minimum Gasteiger partial charge on any atom is -0.312 e. The van der Waals surface area contributed by atoms with E-state index in [-0.39, 0.29) is 0 Å². The molecule has 1 aliphatic carbocycles. The lowest BCUT2D eigenvalue weighted by Crippen LogP contribution is -2.37. The second kappa shape index (κ2) is 5.85. The highest BCUT2D eigenvalue weighted by Crippen LogP contribution is 2.25. The Morgan fingerprint density at radius 2 is 1.94 bits per heavy atom. The van der Waals surface area contributed by atoms with Gasteiger partial charge in [-0.1, -0.05) is 36.8 Å². The molecule has 2 aliphatic rings. The van der Waals surface area contributed by atoms with E-state index in [4.69, 9.17) is 0 Å². The smallest absolute Gasteiger partial charge is 0.0234 e. The van der Waals surface area contributed by atoms with Gasteiger partial charge in [0.2, 0.25) is 0 Å². The van der Waals surface area contributed by atoms with Crippen LogP contribution < -0.4 is 5.32 Å². The van der Waals surface area contributed by atoms with Gasteiger partial charge in [-0.25, -0.2) is 0 Å².